The van der Waals surface area contributed by atoms with Crippen molar-refractivity contribution >= 4 is 11.8 Å². The lowest BCUT2D eigenvalue weighted by molar-refractivity contribution is -0.141. The molecule has 2 aromatic rings. The number of hydrogen-bond donors (Lipinski definition) is 1. The van der Waals surface area contributed by atoms with Gasteiger partial charge in [0.25, 0.3) is 5.56 Å². The lowest BCUT2D eigenvalue weighted by Gasteiger charge is -2.46. The molecule has 2 aliphatic rings. The molecule has 4 rings (SSSR count). The summed E-state index contributed by atoms with van der Waals surface area (Å²) < 4.78 is 1.65. The van der Waals surface area contributed by atoms with Crippen LogP contribution in [0.25, 0.3) is 0 Å². The Balaban J connectivity index is 1.72. The van der Waals surface area contributed by atoms with E-state index in [0.29, 0.717) is 19.6 Å². The van der Waals surface area contributed by atoms with Crippen molar-refractivity contribution in [2.24, 2.45) is 5.92 Å². The van der Waals surface area contributed by atoms with E-state index in [-0.39, 0.29) is 29.2 Å². The third-order valence-corrected chi connectivity index (χ3v) is 5.69. The fourth-order valence-corrected chi connectivity index (χ4v) is 4.44. The lowest BCUT2D eigenvalue weighted by Crippen LogP contribution is -2.54. The van der Waals surface area contributed by atoms with Gasteiger partial charge in [0, 0.05) is 56.9 Å². The minimum absolute atomic E-state index is 0.00782. The Labute approximate surface area is 156 Å². The van der Waals surface area contributed by atoms with E-state index in [9.17, 15) is 14.4 Å². The molecule has 8 nitrogen and oxygen atoms in total. The van der Waals surface area contributed by atoms with Crippen molar-refractivity contribution in [3.63, 3.8) is 0 Å². The van der Waals surface area contributed by atoms with Crippen LogP contribution in [0.1, 0.15) is 36.7 Å². The van der Waals surface area contributed by atoms with Gasteiger partial charge in [-0.05, 0) is 18.6 Å². The van der Waals surface area contributed by atoms with Crippen LogP contribution < -0.4 is 5.56 Å². The monoisotopic (exact) mass is 369 g/mol. The van der Waals surface area contributed by atoms with Gasteiger partial charge in [0.15, 0.2) is 0 Å². The number of amides is 2. The van der Waals surface area contributed by atoms with Gasteiger partial charge in [-0.3, -0.25) is 24.0 Å². The van der Waals surface area contributed by atoms with E-state index in [1.165, 1.54) is 6.07 Å². The number of aromatic amines is 1. The third kappa shape index (κ3) is 3.05. The van der Waals surface area contributed by atoms with Crippen LogP contribution in [-0.2, 0) is 16.1 Å². The zero-order valence-corrected chi connectivity index (χ0v) is 15.5. The van der Waals surface area contributed by atoms with Gasteiger partial charge in [-0.1, -0.05) is 6.07 Å². The van der Waals surface area contributed by atoms with E-state index in [1.54, 1.807) is 40.6 Å². The average Bonchev–Trinajstić information content (AvgIpc) is 3.15. The third-order valence-electron chi connectivity index (χ3n) is 5.69. The molecular formula is C19H23N5O3. The predicted octanol–water partition coefficient (Wildman–Crippen LogP) is 0.737. The van der Waals surface area contributed by atoms with Crippen LogP contribution in [0.4, 0.5) is 0 Å². The number of nitrogens with one attached hydrogen (secondary N) is 1. The number of nitrogens with zero attached hydrogens (tertiary/aromatic N) is 4. The molecule has 1 saturated heterocycles. The van der Waals surface area contributed by atoms with Gasteiger partial charge in [0.05, 0.1) is 12.2 Å². The highest BCUT2D eigenvalue weighted by Gasteiger charge is 2.45. The van der Waals surface area contributed by atoms with Crippen LogP contribution in [0.3, 0.4) is 0 Å². The molecule has 142 valence electrons. The molecule has 8 heteroatoms. The molecule has 0 unspecified atom stereocenters. The topological polar surface area (TPSA) is 91.3 Å². The van der Waals surface area contributed by atoms with Gasteiger partial charge in [0.1, 0.15) is 6.04 Å². The molecule has 3 atom stereocenters. The quantitative estimate of drug-likeness (QED) is 0.864. The first-order valence-corrected chi connectivity index (χ1v) is 9.16. The summed E-state index contributed by atoms with van der Waals surface area (Å²) in [7, 11) is 1.73. The number of hydrogen-bond acceptors (Lipinski definition) is 4. The summed E-state index contributed by atoms with van der Waals surface area (Å²) in [6.07, 6.45) is 2.45. The molecule has 27 heavy (non-hydrogen) atoms. The Morgan fingerprint density at radius 3 is 2.81 bits per heavy atom. The van der Waals surface area contributed by atoms with Crippen molar-refractivity contribution in [3.05, 3.63) is 52.2 Å². The van der Waals surface area contributed by atoms with Crippen molar-refractivity contribution in [1.29, 1.82) is 0 Å². The second-order valence-corrected chi connectivity index (χ2v) is 7.50. The number of aromatic nitrogens is 3. The molecular weight excluding hydrogens is 346 g/mol. The van der Waals surface area contributed by atoms with E-state index in [0.717, 1.165) is 17.8 Å². The molecule has 1 N–H and O–H groups in total. The summed E-state index contributed by atoms with van der Waals surface area (Å²) in [6, 6.07) is 6.36. The fourth-order valence-electron chi connectivity index (χ4n) is 4.44. The smallest absolute Gasteiger partial charge is 0.251 e. The first-order chi connectivity index (χ1) is 13.0. The molecule has 2 aliphatic heterocycles. The average molecular weight is 369 g/mol. The maximum atomic E-state index is 13.3. The summed E-state index contributed by atoms with van der Waals surface area (Å²) in [5.74, 6) is -0.0954. The second kappa shape index (κ2) is 6.68. The van der Waals surface area contributed by atoms with Gasteiger partial charge >= 0.3 is 0 Å². The standard InChI is InChI=1S/C19H23N5O3/c1-12(25)23-9-13-8-14(10-23)18(24-16(13)4-3-5-17(24)26)19(27)22(2)11-15-6-7-20-21-15/h3-7,13-14,18H,8-11H2,1-2H3,(H,20,21)/t13-,14+,18-/m1/s1. The molecule has 0 spiro atoms. The highest BCUT2D eigenvalue weighted by Crippen LogP contribution is 2.41. The number of fused-ring (bicyclic) bond motifs is 4. The number of piperidine rings is 1. The highest BCUT2D eigenvalue weighted by molar-refractivity contribution is 5.81. The van der Waals surface area contributed by atoms with Crippen LogP contribution >= 0.6 is 0 Å². The van der Waals surface area contributed by atoms with Crippen LogP contribution in [0, 0.1) is 5.92 Å². The molecule has 1 fully saturated rings. The van der Waals surface area contributed by atoms with Gasteiger partial charge < -0.3 is 9.80 Å². The largest absolute Gasteiger partial charge is 0.342 e. The second-order valence-electron chi connectivity index (χ2n) is 7.50. The van der Waals surface area contributed by atoms with Gasteiger partial charge in [0.2, 0.25) is 11.8 Å². The molecule has 0 aliphatic carbocycles. The summed E-state index contributed by atoms with van der Waals surface area (Å²) in [5.41, 5.74) is 1.51. The number of likely N-dealkylation sites (N-methyl/N-ethyl adjacent to an activating group) is 1. The zero-order valence-electron chi connectivity index (χ0n) is 15.5. The molecule has 0 saturated carbocycles. The predicted molar refractivity (Wildman–Crippen MR) is 97.9 cm³/mol. The Bertz CT molecular complexity index is 920. The van der Waals surface area contributed by atoms with Crippen molar-refractivity contribution in [2.45, 2.75) is 31.8 Å². The Morgan fingerprint density at radius 2 is 2.11 bits per heavy atom. The first kappa shape index (κ1) is 17.5. The fraction of sp³-hybridized carbons (Fsp3) is 0.474. The molecule has 4 heterocycles. The van der Waals surface area contributed by atoms with E-state index < -0.39 is 6.04 Å². The van der Waals surface area contributed by atoms with Crippen molar-refractivity contribution in [3.8, 4) is 0 Å². The molecule has 2 bridgehead atoms. The van der Waals surface area contributed by atoms with Crippen molar-refractivity contribution in [1.82, 2.24) is 24.6 Å². The van der Waals surface area contributed by atoms with Gasteiger partial charge in [-0.2, -0.15) is 5.10 Å². The van der Waals surface area contributed by atoms with Crippen LogP contribution in [0.2, 0.25) is 0 Å². The number of pyridine rings is 1. The number of carbonyl (C=O) groups excluding carboxylic acids is 2. The Morgan fingerprint density at radius 1 is 1.30 bits per heavy atom. The van der Waals surface area contributed by atoms with Crippen molar-refractivity contribution < 1.29 is 9.59 Å². The first-order valence-electron chi connectivity index (χ1n) is 9.16. The van der Waals surface area contributed by atoms with Crippen molar-refractivity contribution in [2.75, 3.05) is 20.1 Å². The number of carbonyl (C=O) groups is 2. The molecule has 0 aromatic carbocycles. The van der Waals surface area contributed by atoms with Gasteiger partial charge in [-0.25, -0.2) is 0 Å². The highest BCUT2D eigenvalue weighted by atomic mass is 16.2. The van der Waals surface area contributed by atoms with Crippen LogP contribution in [0.15, 0.2) is 35.3 Å². The molecule has 0 radical (unpaired) electrons. The lowest BCUT2D eigenvalue weighted by atomic mass is 9.78. The summed E-state index contributed by atoms with van der Waals surface area (Å²) in [4.78, 5) is 41.4. The molecule has 2 aromatic heterocycles. The Kier molecular flexibility index (Phi) is 4.33. The number of rotatable bonds is 3. The SMILES string of the molecule is CC(=O)N1C[C@H]2C[C@@H](C1)[C@H](C(=O)N(C)Cc1ccn[nH]1)n1c2cccc1=O. The summed E-state index contributed by atoms with van der Waals surface area (Å²) in [6.45, 7) is 3.04. The normalized spacial score (nSPS) is 23.6. The van der Waals surface area contributed by atoms with Crippen LogP contribution in [0.5, 0.6) is 0 Å². The molecule has 2 amide bonds. The van der Waals surface area contributed by atoms with Crippen LogP contribution in [-0.4, -0.2) is 56.5 Å². The van der Waals surface area contributed by atoms with E-state index in [1.807, 2.05) is 12.1 Å². The van der Waals surface area contributed by atoms with E-state index in [4.69, 9.17) is 0 Å². The Hall–Kier alpha value is -2.90. The number of likely N-dealkylation sites (tertiary alicyclic amines) is 1. The summed E-state index contributed by atoms with van der Waals surface area (Å²) >= 11 is 0. The number of H-pyrrole nitrogens is 1. The minimum atomic E-state index is -0.597. The maximum absolute atomic E-state index is 13.3. The zero-order chi connectivity index (χ0) is 19.1. The van der Waals surface area contributed by atoms with E-state index in [2.05, 4.69) is 10.2 Å². The van der Waals surface area contributed by atoms with Gasteiger partial charge in [-0.15, -0.1) is 0 Å². The maximum Gasteiger partial charge on any atom is 0.251 e. The van der Waals surface area contributed by atoms with E-state index >= 15 is 0 Å². The summed E-state index contributed by atoms with van der Waals surface area (Å²) in [5, 5.41) is 6.77. The minimum Gasteiger partial charge on any atom is -0.342 e.